The monoisotopic (exact) mass is 444 g/mol. The normalized spacial score (nSPS) is 11.3. The predicted octanol–water partition coefficient (Wildman–Crippen LogP) is 5.37. The summed E-state index contributed by atoms with van der Waals surface area (Å²) in [4.78, 5) is 12.7. The number of fused-ring (bicyclic) bond motifs is 1. The first-order valence-corrected chi connectivity index (χ1v) is 12.1. The minimum absolute atomic E-state index is 0.224. The fourth-order valence-corrected chi connectivity index (χ4v) is 4.40. The molecule has 0 bridgehead atoms. The van der Waals surface area contributed by atoms with Gasteiger partial charge in [0.05, 0.1) is 18.5 Å². The predicted molar refractivity (Wildman–Crippen MR) is 131 cm³/mol. The van der Waals surface area contributed by atoms with Crippen molar-refractivity contribution in [3.8, 4) is 0 Å². The number of carbonyl (C=O) groups excluding carboxylic acids is 1. The molecule has 0 aromatic heterocycles. The van der Waals surface area contributed by atoms with Crippen LogP contribution in [0.15, 0.2) is 91.0 Å². The molecule has 6 heteroatoms. The standard InChI is InChI=1S/C26H24N2O3S/c1-19-7-9-20(10-8-19)18-28(32(2,30)31)25-15-12-22(13-16-25)26(29)27-24-14-11-21-5-3-4-6-23(21)17-24/h3-17H,18H2,1-2H3,(H,27,29). The first-order valence-electron chi connectivity index (χ1n) is 10.2. The van der Waals surface area contributed by atoms with Crippen molar-refractivity contribution in [1.82, 2.24) is 0 Å². The molecule has 0 radical (unpaired) electrons. The van der Waals surface area contributed by atoms with E-state index in [0.29, 0.717) is 16.9 Å². The van der Waals surface area contributed by atoms with E-state index in [0.717, 1.165) is 21.9 Å². The molecule has 0 fully saturated rings. The lowest BCUT2D eigenvalue weighted by molar-refractivity contribution is 0.102. The molecule has 0 aliphatic carbocycles. The molecule has 0 heterocycles. The van der Waals surface area contributed by atoms with Gasteiger partial charge in [-0.25, -0.2) is 8.42 Å². The van der Waals surface area contributed by atoms with Gasteiger partial charge in [-0.05, 0) is 59.7 Å². The third kappa shape index (κ3) is 4.98. The molecule has 32 heavy (non-hydrogen) atoms. The smallest absolute Gasteiger partial charge is 0.255 e. The van der Waals surface area contributed by atoms with Gasteiger partial charge in [0.15, 0.2) is 0 Å². The first-order chi connectivity index (χ1) is 15.3. The van der Waals surface area contributed by atoms with Crippen molar-refractivity contribution in [1.29, 1.82) is 0 Å². The number of carbonyl (C=O) groups is 1. The Balaban J connectivity index is 1.53. The van der Waals surface area contributed by atoms with E-state index in [4.69, 9.17) is 0 Å². The molecule has 4 aromatic carbocycles. The number of anilines is 2. The summed E-state index contributed by atoms with van der Waals surface area (Å²) < 4.78 is 26.2. The number of hydrogen-bond donors (Lipinski definition) is 1. The van der Waals surface area contributed by atoms with Crippen molar-refractivity contribution >= 4 is 38.1 Å². The minimum atomic E-state index is -3.50. The number of sulfonamides is 1. The molecular weight excluding hydrogens is 420 g/mol. The summed E-state index contributed by atoms with van der Waals surface area (Å²) in [5.41, 5.74) is 3.66. The number of hydrogen-bond acceptors (Lipinski definition) is 3. The summed E-state index contributed by atoms with van der Waals surface area (Å²) in [6.07, 6.45) is 1.18. The van der Waals surface area contributed by atoms with Gasteiger partial charge in [0.2, 0.25) is 10.0 Å². The topological polar surface area (TPSA) is 66.5 Å². The summed E-state index contributed by atoms with van der Waals surface area (Å²) in [6, 6.07) is 28.0. The zero-order valence-electron chi connectivity index (χ0n) is 17.9. The zero-order chi connectivity index (χ0) is 22.7. The third-order valence-electron chi connectivity index (χ3n) is 5.27. The third-order valence-corrected chi connectivity index (χ3v) is 6.41. The van der Waals surface area contributed by atoms with E-state index < -0.39 is 10.0 Å². The van der Waals surface area contributed by atoms with Gasteiger partial charge in [0.25, 0.3) is 5.91 Å². The molecule has 4 aromatic rings. The lowest BCUT2D eigenvalue weighted by atomic mass is 10.1. The summed E-state index contributed by atoms with van der Waals surface area (Å²) in [5.74, 6) is -0.253. The van der Waals surface area contributed by atoms with Crippen molar-refractivity contribution < 1.29 is 13.2 Å². The molecule has 0 saturated carbocycles. The van der Waals surface area contributed by atoms with Gasteiger partial charge in [0.1, 0.15) is 0 Å². The van der Waals surface area contributed by atoms with Gasteiger partial charge < -0.3 is 5.32 Å². The van der Waals surface area contributed by atoms with Gasteiger partial charge in [-0.1, -0.05) is 60.2 Å². The molecule has 0 atom stereocenters. The van der Waals surface area contributed by atoms with Crippen LogP contribution in [0.2, 0.25) is 0 Å². The van der Waals surface area contributed by atoms with Crippen LogP contribution in [0.3, 0.4) is 0 Å². The number of rotatable bonds is 6. The molecule has 0 unspecified atom stereocenters. The second-order valence-electron chi connectivity index (χ2n) is 7.82. The van der Waals surface area contributed by atoms with E-state index in [9.17, 15) is 13.2 Å². The Labute approximate surface area is 188 Å². The quantitative estimate of drug-likeness (QED) is 0.435. The first kappa shape index (κ1) is 21.6. The van der Waals surface area contributed by atoms with Crippen LogP contribution in [0.25, 0.3) is 10.8 Å². The molecule has 5 nitrogen and oxygen atoms in total. The molecule has 0 spiro atoms. The van der Waals surface area contributed by atoms with Crippen LogP contribution >= 0.6 is 0 Å². The van der Waals surface area contributed by atoms with Crippen molar-refractivity contribution in [2.24, 2.45) is 0 Å². The van der Waals surface area contributed by atoms with E-state index in [1.54, 1.807) is 24.3 Å². The molecule has 0 aliphatic rings. The number of benzene rings is 4. The van der Waals surface area contributed by atoms with Crippen molar-refractivity contribution in [2.45, 2.75) is 13.5 Å². The van der Waals surface area contributed by atoms with Crippen LogP contribution in [0.5, 0.6) is 0 Å². The van der Waals surface area contributed by atoms with Crippen molar-refractivity contribution in [3.05, 3.63) is 108 Å². The average molecular weight is 445 g/mol. The van der Waals surface area contributed by atoms with Crippen LogP contribution in [0, 0.1) is 6.92 Å². The molecule has 1 N–H and O–H groups in total. The maximum atomic E-state index is 12.7. The molecule has 0 aliphatic heterocycles. The van der Waals surface area contributed by atoms with Crippen LogP contribution in [0.4, 0.5) is 11.4 Å². The Hall–Kier alpha value is -3.64. The Kier molecular flexibility index (Phi) is 5.97. The number of aryl methyl sites for hydroxylation is 1. The molecule has 162 valence electrons. The van der Waals surface area contributed by atoms with E-state index >= 15 is 0 Å². The molecule has 4 rings (SSSR count). The van der Waals surface area contributed by atoms with Crippen LogP contribution in [-0.4, -0.2) is 20.6 Å². The fraction of sp³-hybridized carbons (Fsp3) is 0.115. The van der Waals surface area contributed by atoms with Gasteiger partial charge >= 0.3 is 0 Å². The lowest BCUT2D eigenvalue weighted by Gasteiger charge is -2.23. The highest BCUT2D eigenvalue weighted by Gasteiger charge is 2.18. The number of nitrogens with one attached hydrogen (secondary N) is 1. The second-order valence-corrected chi connectivity index (χ2v) is 9.72. The Bertz CT molecular complexity index is 1360. The van der Waals surface area contributed by atoms with Crippen LogP contribution in [-0.2, 0) is 16.6 Å². The van der Waals surface area contributed by atoms with Crippen molar-refractivity contribution in [2.75, 3.05) is 15.9 Å². The maximum absolute atomic E-state index is 12.7. The van der Waals surface area contributed by atoms with Crippen LogP contribution < -0.4 is 9.62 Å². The van der Waals surface area contributed by atoms with Gasteiger partial charge in [0, 0.05) is 11.3 Å². The Morgan fingerprint density at radius 2 is 1.50 bits per heavy atom. The minimum Gasteiger partial charge on any atom is -0.322 e. The molecule has 0 saturated heterocycles. The van der Waals surface area contributed by atoms with Gasteiger partial charge in [-0.3, -0.25) is 9.10 Å². The fourth-order valence-electron chi connectivity index (χ4n) is 3.51. The number of amides is 1. The van der Waals surface area contributed by atoms with E-state index in [1.807, 2.05) is 73.7 Å². The SMILES string of the molecule is Cc1ccc(CN(c2ccc(C(=O)Nc3ccc4ccccc4c3)cc2)S(C)(=O)=O)cc1. The zero-order valence-corrected chi connectivity index (χ0v) is 18.8. The number of nitrogens with zero attached hydrogens (tertiary/aromatic N) is 1. The maximum Gasteiger partial charge on any atom is 0.255 e. The van der Waals surface area contributed by atoms with Crippen molar-refractivity contribution in [3.63, 3.8) is 0 Å². The highest BCUT2D eigenvalue weighted by molar-refractivity contribution is 7.92. The average Bonchev–Trinajstić information content (AvgIpc) is 2.78. The van der Waals surface area contributed by atoms with Crippen LogP contribution in [0.1, 0.15) is 21.5 Å². The lowest BCUT2D eigenvalue weighted by Crippen LogP contribution is -2.29. The summed E-state index contributed by atoms with van der Waals surface area (Å²) in [5, 5.41) is 5.05. The van der Waals surface area contributed by atoms with E-state index in [-0.39, 0.29) is 12.5 Å². The highest BCUT2D eigenvalue weighted by Crippen LogP contribution is 2.23. The van der Waals surface area contributed by atoms with Gasteiger partial charge in [-0.15, -0.1) is 0 Å². The Morgan fingerprint density at radius 3 is 2.16 bits per heavy atom. The highest BCUT2D eigenvalue weighted by atomic mass is 32.2. The summed E-state index contributed by atoms with van der Waals surface area (Å²) in [7, 11) is -3.50. The molecular formula is C26H24N2O3S. The second kappa shape index (κ2) is 8.85. The van der Waals surface area contributed by atoms with Gasteiger partial charge in [-0.2, -0.15) is 0 Å². The largest absolute Gasteiger partial charge is 0.322 e. The Morgan fingerprint density at radius 1 is 0.844 bits per heavy atom. The van der Waals surface area contributed by atoms with E-state index in [2.05, 4.69) is 5.32 Å². The summed E-state index contributed by atoms with van der Waals surface area (Å²) in [6.45, 7) is 2.21. The van der Waals surface area contributed by atoms with E-state index in [1.165, 1.54) is 10.6 Å². The summed E-state index contributed by atoms with van der Waals surface area (Å²) >= 11 is 0. The molecule has 1 amide bonds.